The highest BCUT2D eigenvalue weighted by molar-refractivity contribution is 6.04. The molecule has 3 N–H and O–H groups in total. The molecule has 1 aliphatic rings. The second-order valence-electron chi connectivity index (χ2n) is 6.84. The zero-order chi connectivity index (χ0) is 16.4. The molecule has 0 aromatic heterocycles. The fraction of sp³-hybridized carbons (Fsp3) is 0.421. The average Bonchev–Trinajstić information content (AvgIpc) is 2.54. The summed E-state index contributed by atoms with van der Waals surface area (Å²) >= 11 is 0. The highest BCUT2D eigenvalue weighted by atomic mass is 16.6. The van der Waals surface area contributed by atoms with Gasteiger partial charge in [-0.15, -0.1) is 0 Å². The molecule has 1 aliphatic heterocycles. The Hall–Kier alpha value is -2.07. The highest BCUT2D eigenvalue weighted by Gasteiger charge is 2.35. The highest BCUT2D eigenvalue weighted by Crippen LogP contribution is 2.30. The van der Waals surface area contributed by atoms with Crippen LogP contribution in [0, 0.1) is 5.92 Å². The fourth-order valence-electron chi connectivity index (χ4n) is 3.45. The van der Waals surface area contributed by atoms with Crippen molar-refractivity contribution >= 4 is 16.7 Å². The number of nitrogens with two attached hydrogens (primary N) is 1. The number of phenolic OH excluding ortho intramolecular Hbond substituents is 1. The van der Waals surface area contributed by atoms with Crippen molar-refractivity contribution in [3.63, 3.8) is 0 Å². The van der Waals surface area contributed by atoms with Gasteiger partial charge >= 0.3 is 5.97 Å². The molecule has 1 saturated heterocycles. The summed E-state index contributed by atoms with van der Waals surface area (Å²) in [5.41, 5.74) is 0.0858. The van der Waals surface area contributed by atoms with Crippen molar-refractivity contribution in [1.82, 2.24) is 0 Å². The molecular formula is C19H24NO3+. The van der Waals surface area contributed by atoms with Gasteiger partial charge in [-0.05, 0) is 48.9 Å². The number of quaternary nitrogens is 1. The van der Waals surface area contributed by atoms with Crippen LogP contribution in [0.4, 0.5) is 0 Å². The first-order valence-electron chi connectivity index (χ1n) is 8.24. The number of fused-ring (bicyclic) bond motifs is 1. The van der Waals surface area contributed by atoms with Crippen LogP contribution < -0.4 is 5.32 Å². The lowest BCUT2D eigenvalue weighted by Gasteiger charge is -2.35. The fourth-order valence-corrected chi connectivity index (χ4v) is 3.45. The molecule has 0 aliphatic carbocycles. The molecule has 1 fully saturated rings. The Morgan fingerprint density at radius 2 is 1.96 bits per heavy atom. The third-order valence-electron chi connectivity index (χ3n) is 4.86. The van der Waals surface area contributed by atoms with E-state index in [0.29, 0.717) is 11.5 Å². The molecule has 4 heteroatoms. The first-order valence-corrected chi connectivity index (χ1v) is 8.24. The largest absolute Gasteiger partial charge is 0.508 e. The standard InChI is InChI=1S/C19H23NO3/c1-19(2,14-8-10-20-11-9-14)23-18(22)17-5-3-4-13-12-15(21)6-7-16(13)17/h3-7,12,14,20-21H,8-11H2,1-2H3/p+1. The monoisotopic (exact) mass is 314 g/mol. The second kappa shape index (κ2) is 6.20. The van der Waals surface area contributed by atoms with Gasteiger partial charge in [-0.25, -0.2) is 4.79 Å². The lowest BCUT2D eigenvalue weighted by Crippen LogP contribution is -2.86. The minimum absolute atomic E-state index is 0.196. The number of carbonyl (C=O) groups is 1. The van der Waals surface area contributed by atoms with Crippen LogP contribution in [-0.4, -0.2) is 29.8 Å². The van der Waals surface area contributed by atoms with E-state index in [9.17, 15) is 9.90 Å². The van der Waals surface area contributed by atoms with Crippen LogP contribution in [-0.2, 0) is 4.74 Å². The quantitative estimate of drug-likeness (QED) is 0.856. The Morgan fingerprint density at radius 3 is 2.70 bits per heavy atom. The van der Waals surface area contributed by atoms with Gasteiger partial charge in [0.2, 0.25) is 0 Å². The van der Waals surface area contributed by atoms with Gasteiger partial charge in [0.1, 0.15) is 11.4 Å². The molecular weight excluding hydrogens is 290 g/mol. The average molecular weight is 314 g/mol. The minimum atomic E-state index is -0.468. The van der Waals surface area contributed by atoms with Gasteiger partial charge in [0, 0.05) is 18.8 Å². The topological polar surface area (TPSA) is 63.1 Å². The maximum Gasteiger partial charge on any atom is 0.339 e. The Morgan fingerprint density at radius 1 is 1.22 bits per heavy atom. The van der Waals surface area contributed by atoms with E-state index >= 15 is 0 Å². The summed E-state index contributed by atoms with van der Waals surface area (Å²) in [6.07, 6.45) is 2.15. The number of aromatic hydroxyl groups is 1. The molecule has 0 amide bonds. The van der Waals surface area contributed by atoms with Crippen molar-refractivity contribution in [2.75, 3.05) is 13.1 Å². The lowest BCUT2D eigenvalue weighted by atomic mass is 9.83. The van der Waals surface area contributed by atoms with E-state index in [2.05, 4.69) is 5.32 Å². The van der Waals surface area contributed by atoms with Gasteiger partial charge in [0.05, 0.1) is 18.7 Å². The molecule has 4 nitrogen and oxygen atoms in total. The van der Waals surface area contributed by atoms with Crippen LogP contribution in [0.2, 0.25) is 0 Å². The summed E-state index contributed by atoms with van der Waals surface area (Å²) in [5.74, 6) is 0.304. The van der Waals surface area contributed by atoms with E-state index in [1.165, 1.54) is 0 Å². The smallest absolute Gasteiger partial charge is 0.339 e. The van der Waals surface area contributed by atoms with Crippen LogP contribution in [0.15, 0.2) is 36.4 Å². The van der Waals surface area contributed by atoms with Gasteiger partial charge in [0.15, 0.2) is 0 Å². The number of hydrogen-bond donors (Lipinski definition) is 2. The molecule has 0 atom stereocenters. The number of rotatable bonds is 3. The number of carbonyl (C=O) groups excluding carboxylic acids is 1. The molecule has 0 unspecified atom stereocenters. The minimum Gasteiger partial charge on any atom is -0.508 e. The number of piperidine rings is 1. The van der Waals surface area contributed by atoms with Gasteiger partial charge in [-0.2, -0.15) is 0 Å². The van der Waals surface area contributed by atoms with E-state index in [-0.39, 0.29) is 11.7 Å². The van der Waals surface area contributed by atoms with Crippen molar-refractivity contribution in [3.05, 3.63) is 42.0 Å². The zero-order valence-corrected chi connectivity index (χ0v) is 13.7. The summed E-state index contributed by atoms with van der Waals surface area (Å²) in [6, 6.07) is 10.5. The number of hydrogen-bond acceptors (Lipinski definition) is 3. The van der Waals surface area contributed by atoms with Crippen molar-refractivity contribution in [1.29, 1.82) is 0 Å². The van der Waals surface area contributed by atoms with Crippen molar-refractivity contribution in [2.45, 2.75) is 32.3 Å². The zero-order valence-electron chi connectivity index (χ0n) is 13.7. The van der Waals surface area contributed by atoms with Gasteiger partial charge in [-0.3, -0.25) is 0 Å². The lowest BCUT2D eigenvalue weighted by molar-refractivity contribution is -0.665. The normalized spacial score (nSPS) is 16.4. The molecule has 0 saturated carbocycles. The summed E-state index contributed by atoms with van der Waals surface area (Å²) in [6.45, 7) is 6.22. The van der Waals surface area contributed by atoms with Crippen LogP contribution in [0.3, 0.4) is 0 Å². The predicted octanol–water partition coefficient (Wildman–Crippen LogP) is 2.45. The number of benzene rings is 2. The summed E-state index contributed by atoms with van der Waals surface area (Å²) in [7, 11) is 0. The van der Waals surface area contributed by atoms with E-state index in [1.807, 2.05) is 26.0 Å². The predicted molar refractivity (Wildman–Crippen MR) is 89.5 cm³/mol. The van der Waals surface area contributed by atoms with Crippen LogP contribution >= 0.6 is 0 Å². The maximum absolute atomic E-state index is 12.7. The van der Waals surface area contributed by atoms with E-state index in [4.69, 9.17) is 4.74 Å². The molecule has 122 valence electrons. The molecule has 0 bridgehead atoms. The second-order valence-corrected chi connectivity index (χ2v) is 6.84. The van der Waals surface area contributed by atoms with E-state index < -0.39 is 5.60 Å². The first-order chi connectivity index (χ1) is 11.0. The Kier molecular flexibility index (Phi) is 4.26. The van der Waals surface area contributed by atoms with E-state index in [1.54, 1.807) is 24.3 Å². The Bertz CT molecular complexity index is 718. The molecule has 0 radical (unpaired) electrons. The van der Waals surface area contributed by atoms with Crippen molar-refractivity contribution in [3.8, 4) is 5.75 Å². The number of ether oxygens (including phenoxy) is 1. The Balaban J connectivity index is 1.85. The first kappa shape index (κ1) is 15.8. The molecule has 3 rings (SSSR count). The molecule has 23 heavy (non-hydrogen) atoms. The van der Waals surface area contributed by atoms with Crippen LogP contribution in [0.25, 0.3) is 10.8 Å². The number of esters is 1. The molecule has 2 aromatic rings. The van der Waals surface area contributed by atoms with E-state index in [0.717, 1.165) is 36.7 Å². The SMILES string of the molecule is CC(C)(OC(=O)c1cccc2cc(O)ccc12)C1CC[NH2+]CC1. The molecule has 1 heterocycles. The van der Waals surface area contributed by atoms with Gasteiger partial charge < -0.3 is 15.2 Å². The Labute approximate surface area is 136 Å². The third-order valence-corrected chi connectivity index (χ3v) is 4.86. The summed E-state index contributed by atoms with van der Waals surface area (Å²) < 4.78 is 5.89. The van der Waals surface area contributed by atoms with Crippen molar-refractivity contribution < 1.29 is 20.0 Å². The van der Waals surface area contributed by atoms with Gasteiger partial charge in [-0.1, -0.05) is 12.1 Å². The molecule has 2 aromatic carbocycles. The molecule has 0 spiro atoms. The third kappa shape index (κ3) is 3.32. The van der Waals surface area contributed by atoms with Gasteiger partial charge in [0.25, 0.3) is 0 Å². The number of phenols is 1. The maximum atomic E-state index is 12.7. The van der Waals surface area contributed by atoms with Crippen LogP contribution in [0.1, 0.15) is 37.0 Å². The summed E-state index contributed by atoms with van der Waals surface area (Å²) in [5, 5.41) is 13.6. The van der Waals surface area contributed by atoms with Crippen LogP contribution in [0.5, 0.6) is 5.75 Å². The van der Waals surface area contributed by atoms with Crippen molar-refractivity contribution in [2.24, 2.45) is 5.92 Å². The summed E-state index contributed by atoms with van der Waals surface area (Å²) in [4.78, 5) is 12.7.